The van der Waals surface area contributed by atoms with E-state index in [-0.39, 0.29) is 12.4 Å². The van der Waals surface area contributed by atoms with Gasteiger partial charge >= 0.3 is 0 Å². The van der Waals surface area contributed by atoms with E-state index in [2.05, 4.69) is 15.0 Å². The van der Waals surface area contributed by atoms with Crippen molar-refractivity contribution in [2.45, 2.75) is 18.9 Å². The van der Waals surface area contributed by atoms with E-state index >= 15 is 0 Å². The van der Waals surface area contributed by atoms with Gasteiger partial charge in [-0.2, -0.15) is 0 Å². The minimum atomic E-state index is -0.538. The summed E-state index contributed by atoms with van der Waals surface area (Å²) in [5.74, 6) is 0.265. The van der Waals surface area contributed by atoms with Gasteiger partial charge in [0.25, 0.3) is 0 Å². The lowest BCUT2D eigenvalue weighted by atomic mass is 10.3. The van der Waals surface area contributed by atoms with Crippen LogP contribution in [0.15, 0.2) is 29.7 Å². The number of aromatic nitrogens is 1. The van der Waals surface area contributed by atoms with Crippen LogP contribution in [0.1, 0.15) is 18.4 Å². The Morgan fingerprint density at radius 2 is 2.32 bits per heavy atom. The average Bonchev–Trinajstić information content (AvgIpc) is 2.92. The number of hydrogen-bond donors (Lipinski definition) is 2. The third kappa shape index (κ3) is 4.50. The number of nitrogens with two attached hydrogens (primary N) is 1. The van der Waals surface area contributed by atoms with Crippen LogP contribution >= 0.6 is 0 Å². The first-order valence-electron chi connectivity index (χ1n) is 6.52. The quantitative estimate of drug-likeness (QED) is 0.435. The number of nitrogens with zero attached hydrogens (tertiary/aromatic N) is 3. The molecular formula is C13H20N4O2. The molecular weight excluding hydrogens is 244 g/mol. The summed E-state index contributed by atoms with van der Waals surface area (Å²) in [5.41, 5.74) is 6.44. The molecule has 0 radical (unpaired) electrons. The van der Waals surface area contributed by atoms with Crippen molar-refractivity contribution in [2.75, 3.05) is 26.2 Å². The van der Waals surface area contributed by atoms with Crippen LogP contribution in [-0.4, -0.2) is 53.2 Å². The van der Waals surface area contributed by atoms with Gasteiger partial charge in [0.05, 0.1) is 0 Å². The maximum absolute atomic E-state index is 9.80. The first-order valence-corrected chi connectivity index (χ1v) is 6.52. The Kier molecular flexibility index (Phi) is 5.11. The predicted octanol–water partition coefficient (Wildman–Crippen LogP) is 0.175. The van der Waals surface area contributed by atoms with Crippen molar-refractivity contribution in [3.63, 3.8) is 0 Å². The molecule has 0 aromatic carbocycles. The van der Waals surface area contributed by atoms with Crippen LogP contribution in [0, 0.1) is 0 Å². The van der Waals surface area contributed by atoms with Crippen LogP contribution in [-0.2, 0) is 4.84 Å². The fraction of sp³-hybridized carbons (Fsp3) is 0.538. The van der Waals surface area contributed by atoms with Crippen molar-refractivity contribution >= 4 is 5.84 Å². The fourth-order valence-electron chi connectivity index (χ4n) is 2.08. The van der Waals surface area contributed by atoms with Crippen molar-refractivity contribution in [3.05, 3.63) is 30.1 Å². The number of oxime groups is 1. The topological polar surface area (TPSA) is 84.0 Å². The monoisotopic (exact) mass is 264 g/mol. The van der Waals surface area contributed by atoms with Gasteiger partial charge in [0.15, 0.2) is 5.84 Å². The molecule has 0 aliphatic carbocycles. The molecule has 0 saturated carbocycles. The smallest absolute Gasteiger partial charge is 0.171 e. The summed E-state index contributed by atoms with van der Waals surface area (Å²) >= 11 is 0. The third-order valence-corrected chi connectivity index (χ3v) is 3.05. The molecule has 1 aliphatic rings. The summed E-state index contributed by atoms with van der Waals surface area (Å²) in [6.45, 7) is 2.89. The van der Waals surface area contributed by atoms with E-state index in [9.17, 15) is 5.11 Å². The minimum absolute atomic E-state index is 0.150. The van der Waals surface area contributed by atoms with E-state index in [1.807, 2.05) is 0 Å². The molecule has 3 N–H and O–H groups in total. The molecule has 1 aromatic rings. The van der Waals surface area contributed by atoms with E-state index < -0.39 is 6.10 Å². The van der Waals surface area contributed by atoms with Gasteiger partial charge in [-0.1, -0.05) is 5.16 Å². The van der Waals surface area contributed by atoms with Gasteiger partial charge < -0.3 is 20.6 Å². The molecule has 1 saturated heterocycles. The molecule has 1 unspecified atom stereocenters. The van der Waals surface area contributed by atoms with Crippen molar-refractivity contribution in [1.29, 1.82) is 0 Å². The maximum Gasteiger partial charge on any atom is 0.171 e. The van der Waals surface area contributed by atoms with E-state index in [4.69, 9.17) is 10.6 Å². The van der Waals surface area contributed by atoms with Gasteiger partial charge in [-0.15, -0.1) is 0 Å². The van der Waals surface area contributed by atoms with Crippen LogP contribution in [0.5, 0.6) is 0 Å². The van der Waals surface area contributed by atoms with Gasteiger partial charge in [0.1, 0.15) is 12.7 Å². The molecule has 1 aromatic heterocycles. The molecule has 2 rings (SSSR count). The highest BCUT2D eigenvalue weighted by Gasteiger charge is 2.15. The van der Waals surface area contributed by atoms with Gasteiger partial charge in [-0.3, -0.25) is 4.98 Å². The largest absolute Gasteiger partial charge is 0.391 e. The molecule has 1 aliphatic heterocycles. The SMILES string of the molecule is NC(=NOCC(O)CN1CCCC1)c1cccnc1. The zero-order valence-electron chi connectivity index (χ0n) is 10.9. The molecule has 1 atom stereocenters. The second kappa shape index (κ2) is 7.06. The number of rotatable bonds is 6. The second-order valence-electron chi connectivity index (χ2n) is 4.68. The first kappa shape index (κ1) is 13.8. The zero-order valence-corrected chi connectivity index (χ0v) is 10.9. The fourth-order valence-corrected chi connectivity index (χ4v) is 2.08. The van der Waals surface area contributed by atoms with Crippen molar-refractivity contribution in [3.8, 4) is 0 Å². The number of aliphatic hydroxyl groups is 1. The van der Waals surface area contributed by atoms with E-state index in [0.29, 0.717) is 12.1 Å². The minimum Gasteiger partial charge on any atom is -0.391 e. The molecule has 2 heterocycles. The molecule has 6 nitrogen and oxygen atoms in total. The highest BCUT2D eigenvalue weighted by molar-refractivity contribution is 5.96. The average molecular weight is 264 g/mol. The van der Waals surface area contributed by atoms with Gasteiger partial charge in [-0.25, -0.2) is 0 Å². The number of hydrogen-bond acceptors (Lipinski definition) is 5. The first-order chi connectivity index (χ1) is 9.25. The Morgan fingerprint density at radius 3 is 3.00 bits per heavy atom. The summed E-state index contributed by atoms with van der Waals surface area (Å²) in [7, 11) is 0. The summed E-state index contributed by atoms with van der Waals surface area (Å²) < 4.78 is 0. The van der Waals surface area contributed by atoms with Crippen LogP contribution in [0.2, 0.25) is 0 Å². The lowest BCUT2D eigenvalue weighted by Crippen LogP contribution is -2.32. The van der Waals surface area contributed by atoms with Crippen LogP contribution in [0.4, 0.5) is 0 Å². The number of pyridine rings is 1. The summed E-state index contributed by atoms with van der Waals surface area (Å²) in [6.07, 6.45) is 5.16. The third-order valence-electron chi connectivity index (χ3n) is 3.05. The van der Waals surface area contributed by atoms with Crippen LogP contribution < -0.4 is 5.73 Å². The van der Waals surface area contributed by atoms with Crippen LogP contribution in [0.25, 0.3) is 0 Å². The molecule has 6 heteroatoms. The molecule has 1 fully saturated rings. The Morgan fingerprint density at radius 1 is 1.53 bits per heavy atom. The van der Waals surface area contributed by atoms with Gasteiger partial charge in [0.2, 0.25) is 0 Å². The number of aliphatic hydroxyl groups excluding tert-OH is 1. The predicted molar refractivity (Wildman–Crippen MR) is 72.6 cm³/mol. The van der Waals surface area contributed by atoms with Crippen molar-refractivity contribution in [1.82, 2.24) is 9.88 Å². The second-order valence-corrected chi connectivity index (χ2v) is 4.68. The van der Waals surface area contributed by atoms with Gasteiger partial charge in [0, 0.05) is 24.5 Å². The van der Waals surface area contributed by atoms with Crippen molar-refractivity contribution < 1.29 is 9.94 Å². The van der Waals surface area contributed by atoms with E-state index in [1.54, 1.807) is 24.5 Å². The number of amidine groups is 1. The Hall–Kier alpha value is -1.66. The maximum atomic E-state index is 9.80. The lowest BCUT2D eigenvalue weighted by Gasteiger charge is -2.18. The number of β-amino-alcohol motifs (C(OH)–C–C–N with tert-alkyl or cyclic N) is 1. The summed E-state index contributed by atoms with van der Waals surface area (Å²) in [6, 6.07) is 3.58. The molecule has 0 bridgehead atoms. The van der Waals surface area contributed by atoms with E-state index in [1.165, 1.54) is 12.8 Å². The lowest BCUT2D eigenvalue weighted by molar-refractivity contribution is 0.0229. The van der Waals surface area contributed by atoms with Crippen molar-refractivity contribution in [2.24, 2.45) is 10.9 Å². The number of likely N-dealkylation sites (tertiary alicyclic amines) is 1. The molecule has 19 heavy (non-hydrogen) atoms. The molecule has 104 valence electrons. The standard InChI is InChI=1S/C13H20N4O2/c14-13(11-4-3-5-15-8-11)16-19-10-12(18)9-17-6-1-2-7-17/h3-5,8,12,18H,1-2,6-7,9-10H2,(H2,14,16). The van der Waals surface area contributed by atoms with Crippen LogP contribution in [0.3, 0.4) is 0 Å². The highest BCUT2D eigenvalue weighted by atomic mass is 16.6. The Labute approximate surface area is 112 Å². The summed E-state index contributed by atoms with van der Waals surface area (Å²) in [4.78, 5) is 11.2. The summed E-state index contributed by atoms with van der Waals surface area (Å²) in [5, 5.41) is 13.6. The highest BCUT2D eigenvalue weighted by Crippen LogP contribution is 2.07. The Balaban J connectivity index is 1.72. The van der Waals surface area contributed by atoms with E-state index in [0.717, 1.165) is 13.1 Å². The molecule has 0 amide bonds. The normalized spacial score (nSPS) is 18.5. The van der Waals surface area contributed by atoms with Gasteiger partial charge in [-0.05, 0) is 38.1 Å². The zero-order chi connectivity index (χ0) is 13.5. The molecule has 0 spiro atoms. The Bertz CT molecular complexity index is 404.